The van der Waals surface area contributed by atoms with Gasteiger partial charge in [-0.1, -0.05) is 12.8 Å². The molecule has 1 saturated carbocycles. The van der Waals surface area contributed by atoms with Crippen LogP contribution in [0.5, 0.6) is 0 Å². The molecule has 0 spiro atoms. The number of rotatable bonds is 7. The molecule has 0 aromatic heterocycles. The third kappa shape index (κ3) is 5.92. The number of urea groups is 1. The minimum Gasteiger partial charge on any atom is -0.481 e. The molecule has 2 amide bonds. The summed E-state index contributed by atoms with van der Waals surface area (Å²) in [7, 11) is 1.62. The molecule has 6 heteroatoms. The number of carboxylic acid groups (broad SMARTS) is 1. The van der Waals surface area contributed by atoms with E-state index < -0.39 is 5.97 Å². The summed E-state index contributed by atoms with van der Waals surface area (Å²) in [6.45, 7) is 1.61. The maximum absolute atomic E-state index is 11.5. The first-order valence-electron chi connectivity index (χ1n) is 6.88. The quantitative estimate of drug-likeness (QED) is 0.608. The highest BCUT2D eigenvalue weighted by Gasteiger charge is 2.30. The molecule has 0 saturated heterocycles. The van der Waals surface area contributed by atoms with E-state index in [1.165, 1.54) is 0 Å². The number of amides is 2. The third-order valence-electron chi connectivity index (χ3n) is 3.56. The highest BCUT2D eigenvalue weighted by atomic mass is 16.5. The van der Waals surface area contributed by atoms with Crippen LogP contribution < -0.4 is 10.6 Å². The van der Waals surface area contributed by atoms with Crippen molar-refractivity contribution in [3.05, 3.63) is 0 Å². The van der Waals surface area contributed by atoms with Crippen molar-refractivity contribution >= 4 is 12.0 Å². The number of methoxy groups -OCH3 is 1. The van der Waals surface area contributed by atoms with E-state index in [0.717, 1.165) is 32.1 Å². The Morgan fingerprint density at radius 2 is 2.00 bits per heavy atom. The van der Waals surface area contributed by atoms with Gasteiger partial charge in [-0.15, -0.1) is 0 Å². The van der Waals surface area contributed by atoms with E-state index >= 15 is 0 Å². The van der Waals surface area contributed by atoms with Crippen molar-refractivity contribution in [3.63, 3.8) is 0 Å². The Hall–Kier alpha value is -1.30. The van der Waals surface area contributed by atoms with Crippen LogP contribution in [0.3, 0.4) is 0 Å². The van der Waals surface area contributed by atoms with Crippen LogP contribution in [0, 0.1) is 11.8 Å². The zero-order valence-corrected chi connectivity index (χ0v) is 11.5. The summed E-state index contributed by atoms with van der Waals surface area (Å²) in [6.07, 6.45) is 4.38. The van der Waals surface area contributed by atoms with Crippen LogP contribution in [0.2, 0.25) is 0 Å². The fourth-order valence-electron chi connectivity index (χ4n) is 2.48. The fraction of sp³-hybridized carbons (Fsp3) is 0.846. The molecule has 0 aliphatic heterocycles. The van der Waals surface area contributed by atoms with Crippen molar-refractivity contribution in [1.29, 1.82) is 0 Å². The summed E-state index contributed by atoms with van der Waals surface area (Å²) in [6, 6.07) is -0.231. The summed E-state index contributed by atoms with van der Waals surface area (Å²) in [5.41, 5.74) is 0. The van der Waals surface area contributed by atoms with Crippen LogP contribution in [0.4, 0.5) is 4.79 Å². The summed E-state index contributed by atoms with van der Waals surface area (Å²) >= 11 is 0. The summed E-state index contributed by atoms with van der Waals surface area (Å²) in [5.74, 6) is -1.01. The van der Waals surface area contributed by atoms with E-state index in [0.29, 0.717) is 19.7 Å². The molecule has 1 aliphatic carbocycles. The zero-order valence-electron chi connectivity index (χ0n) is 11.5. The van der Waals surface area contributed by atoms with E-state index in [9.17, 15) is 9.59 Å². The minimum absolute atomic E-state index is 0.0518. The highest BCUT2D eigenvalue weighted by Crippen LogP contribution is 2.29. The van der Waals surface area contributed by atoms with Crippen LogP contribution in [-0.4, -0.2) is 43.9 Å². The largest absolute Gasteiger partial charge is 0.481 e. The molecule has 1 aliphatic rings. The number of carboxylic acids is 1. The van der Waals surface area contributed by atoms with Crippen molar-refractivity contribution < 1.29 is 19.4 Å². The van der Waals surface area contributed by atoms with Crippen molar-refractivity contribution in [2.75, 3.05) is 26.8 Å². The molecule has 0 aromatic carbocycles. The smallest absolute Gasteiger partial charge is 0.314 e. The van der Waals surface area contributed by atoms with Crippen LogP contribution >= 0.6 is 0 Å². The Kier molecular flexibility index (Phi) is 7.25. The van der Waals surface area contributed by atoms with Gasteiger partial charge in [-0.25, -0.2) is 4.79 Å². The Morgan fingerprint density at radius 3 is 2.68 bits per heavy atom. The molecular weight excluding hydrogens is 248 g/mol. The summed E-state index contributed by atoms with van der Waals surface area (Å²) < 4.78 is 4.88. The van der Waals surface area contributed by atoms with Crippen LogP contribution in [0.1, 0.15) is 32.1 Å². The second-order valence-electron chi connectivity index (χ2n) is 4.97. The van der Waals surface area contributed by atoms with Gasteiger partial charge in [-0.2, -0.15) is 0 Å². The minimum atomic E-state index is -0.744. The molecule has 19 heavy (non-hydrogen) atoms. The van der Waals surface area contributed by atoms with Gasteiger partial charge in [0.15, 0.2) is 0 Å². The van der Waals surface area contributed by atoms with Crippen molar-refractivity contribution in [2.24, 2.45) is 11.8 Å². The van der Waals surface area contributed by atoms with E-state index in [1.807, 2.05) is 0 Å². The van der Waals surface area contributed by atoms with Gasteiger partial charge in [-0.3, -0.25) is 4.79 Å². The second-order valence-corrected chi connectivity index (χ2v) is 4.97. The van der Waals surface area contributed by atoms with Gasteiger partial charge in [0.25, 0.3) is 0 Å². The average molecular weight is 272 g/mol. The Labute approximate surface area is 113 Å². The highest BCUT2D eigenvalue weighted by molar-refractivity contribution is 5.74. The molecular formula is C13H24N2O4. The third-order valence-corrected chi connectivity index (χ3v) is 3.56. The second kappa shape index (κ2) is 8.74. The number of aliphatic carboxylic acids is 1. The first-order chi connectivity index (χ1) is 9.15. The lowest BCUT2D eigenvalue weighted by Crippen LogP contribution is -2.42. The first-order valence-corrected chi connectivity index (χ1v) is 6.88. The molecule has 3 N–H and O–H groups in total. The Balaban J connectivity index is 2.22. The number of hydrogen-bond acceptors (Lipinski definition) is 3. The lowest BCUT2D eigenvalue weighted by molar-refractivity contribution is -0.144. The van der Waals surface area contributed by atoms with Crippen molar-refractivity contribution in [1.82, 2.24) is 10.6 Å². The van der Waals surface area contributed by atoms with E-state index in [-0.39, 0.29) is 17.9 Å². The number of nitrogens with one attached hydrogen (secondary N) is 2. The first kappa shape index (κ1) is 15.8. The topological polar surface area (TPSA) is 87.7 Å². The van der Waals surface area contributed by atoms with Crippen LogP contribution in [0.15, 0.2) is 0 Å². The lowest BCUT2D eigenvalue weighted by atomic mass is 9.79. The molecule has 0 bridgehead atoms. The Morgan fingerprint density at radius 1 is 1.26 bits per heavy atom. The van der Waals surface area contributed by atoms with Crippen LogP contribution in [0.25, 0.3) is 0 Å². The fourth-order valence-corrected chi connectivity index (χ4v) is 2.48. The van der Waals surface area contributed by atoms with E-state index in [1.54, 1.807) is 7.11 Å². The van der Waals surface area contributed by atoms with Gasteiger partial charge < -0.3 is 20.5 Å². The Bertz CT molecular complexity index is 296. The standard InChI is InChI=1S/C13H24N2O4/c1-19-8-4-7-14-13(18)15-9-10-5-2-3-6-11(10)12(16)17/h10-11H,2-9H2,1H3,(H,16,17)(H2,14,15,18). The average Bonchev–Trinajstić information content (AvgIpc) is 2.41. The number of carbonyl (C=O) groups is 2. The van der Waals surface area contributed by atoms with E-state index in [4.69, 9.17) is 9.84 Å². The molecule has 0 aromatic rings. The SMILES string of the molecule is COCCCNC(=O)NCC1CCCCC1C(=O)O. The molecule has 2 atom stereocenters. The predicted octanol–water partition coefficient (Wildman–Crippen LogP) is 1.21. The zero-order chi connectivity index (χ0) is 14.1. The van der Waals surface area contributed by atoms with Crippen LogP contribution in [-0.2, 0) is 9.53 Å². The lowest BCUT2D eigenvalue weighted by Gasteiger charge is -2.28. The van der Waals surface area contributed by atoms with Gasteiger partial charge in [-0.05, 0) is 25.2 Å². The predicted molar refractivity (Wildman–Crippen MR) is 71.0 cm³/mol. The maximum atomic E-state index is 11.5. The molecule has 1 fully saturated rings. The molecule has 2 unspecified atom stereocenters. The monoisotopic (exact) mass is 272 g/mol. The van der Waals surface area contributed by atoms with Crippen molar-refractivity contribution in [3.8, 4) is 0 Å². The number of ether oxygens (including phenoxy) is 1. The molecule has 110 valence electrons. The maximum Gasteiger partial charge on any atom is 0.314 e. The molecule has 0 heterocycles. The molecule has 1 rings (SSSR count). The van der Waals surface area contributed by atoms with Gasteiger partial charge >= 0.3 is 12.0 Å². The molecule has 0 radical (unpaired) electrons. The van der Waals surface area contributed by atoms with E-state index in [2.05, 4.69) is 10.6 Å². The van der Waals surface area contributed by atoms with Gasteiger partial charge in [0.05, 0.1) is 5.92 Å². The van der Waals surface area contributed by atoms with Crippen molar-refractivity contribution in [2.45, 2.75) is 32.1 Å². The van der Waals surface area contributed by atoms with Gasteiger partial charge in [0.1, 0.15) is 0 Å². The van der Waals surface area contributed by atoms with Gasteiger partial charge in [0.2, 0.25) is 0 Å². The number of carbonyl (C=O) groups excluding carboxylic acids is 1. The number of hydrogen-bond donors (Lipinski definition) is 3. The normalized spacial score (nSPS) is 22.8. The summed E-state index contributed by atoms with van der Waals surface area (Å²) in [5, 5.41) is 14.6. The molecule has 6 nitrogen and oxygen atoms in total. The summed E-state index contributed by atoms with van der Waals surface area (Å²) in [4.78, 5) is 22.6. The van der Waals surface area contributed by atoms with Gasteiger partial charge in [0, 0.05) is 26.8 Å².